The number of hydrogen-bond donors (Lipinski definition) is 3. The highest BCUT2D eigenvalue weighted by Gasteiger charge is 2.32. The first-order valence-electron chi connectivity index (χ1n) is 8.02. The number of anilines is 1. The number of aromatic nitrogens is 4. The fourth-order valence-corrected chi connectivity index (χ4v) is 3.06. The maximum Gasteiger partial charge on any atom is 0.274 e. The molecule has 3 aromatic heterocycles. The number of nitrogen functional groups attached to an aromatic ring is 1. The van der Waals surface area contributed by atoms with Crippen LogP contribution in [0.4, 0.5) is 5.82 Å². The van der Waals surface area contributed by atoms with Crippen molar-refractivity contribution in [1.29, 1.82) is 0 Å². The number of aryl methyl sites for hydroxylation is 1. The summed E-state index contributed by atoms with van der Waals surface area (Å²) in [7, 11) is 0. The van der Waals surface area contributed by atoms with Gasteiger partial charge in [0, 0.05) is 18.2 Å². The number of oxazole rings is 1. The molecular weight excluding hydrogens is 336 g/mol. The Morgan fingerprint density at radius 1 is 1.35 bits per heavy atom. The van der Waals surface area contributed by atoms with Crippen LogP contribution in [0.3, 0.4) is 0 Å². The molecule has 0 spiro atoms. The molecule has 9 nitrogen and oxygen atoms in total. The van der Waals surface area contributed by atoms with E-state index in [0.717, 1.165) is 0 Å². The number of carbonyl (C=O) groups is 1. The van der Waals surface area contributed by atoms with Crippen LogP contribution in [0, 0.1) is 6.92 Å². The molecule has 2 atom stereocenters. The average Bonchev–Trinajstić information content (AvgIpc) is 3.26. The topological polar surface area (TPSA) is 140 Å². The van der Waals surface area contributed by atoms with Crippen LogP contribution in [-0.4, -0.2) is 30.9 Å². The van der Waals surface area contributed by atoms with Crippen LogP contribution >= 0.6 is 0 Å². The molecule has 3 heterocycles. The number of nitrogens with zero attached hydrogens (tertiary/aromatic N) is 4. The van der Waals surface area contributed by atoms with E-state index in [1.165, 1.54) is 12.5 Å². The second kappa shape index (κ2) is 6.19. The number of carbonyl (C=O) groups excluding carboxylic acids is 1. The Balaban J connectivity index is 1.61. The first kappa shape index (κ1) is 16.2. The van der Waals surface area contributed by atoms with Gasteiger partial charge in [0.1, 0.15) is 12.0 Å². The first-order chi connectivity index (χ1) is 12.5. The molecule has 0 fully saturated rings. The summed E-state index contributed by atoms with van der Waals surface area (Å²) in [5.41, 5.74) is 8.15. The Labute approximate surface area is 148 Å². The molecule has 2 unspecified atom stereocenters. The number of nitrogens with one attached hydrogen (secondary N) is 1. The zero-order valence-corrected chi connectivity index (χ0v) is 13.9. The number of hydrogen-bond acceptors (Lipinski definition) is 8. The minimum Gasteiger partial charge on any atom is -0.443 e. The van der Waals surface area contributed by atoms with Crippen molar-refractivity contribution in [2.75, 3.05) is 5.73 Å². The predicted octanol–water partition coefficient (Wildman–Crippen LogP) is 1.33. The van der Waals surface area contributed by atoms with Gasteiger partial charge >= 0.3 is 0 Å². The van der Waals surface area contributed by atoms with Gasteiger partial charge in [0.2, 0.25) is 5.89 Å². The van der Waals surface area contributed by atoms with Gasteiger partial charge in [-0.25, -0.2) is 15.0 Å². The largest absolute Gasteiger partial charge is 0.443 e. The maximum atomic E-state index is 12.6. The molecule has 1 aliphatic rings. The molecular formula is C17H16N6O3. The van der Waals surface area contributed by atoms with Crippen LogP contribution in [-0.2, 0) is 0 Å². The Hall–Kier alpha value is -3.33. The average molecular weight is 352 g/mol. The van der Waals surface area contributed by atoms with Gasteiger partial charge in [-0.1, -0.05) is 6.07 Å². The monoisotopic (exact) mass is 352 g/mol. The Kier molecular flexibility index (Phi) is 3.85. The third-order valence-corrected chi connectivity index (χ3v) is 4.27. The Morgan fingerprint density at radius 3 is 2.96 bits per heavy atom. The van der Waals surface area contributed by atoms with Gasteiger partial charge in [0.15, 0.2) is 11.5 Å². The van der Waals surface area contributed by atoms with E-state index in [1.807, 2.05) is 0 Å². The number of aliphatic hydroxyl groups is 1. The van der Waals surface area contributed by atoms with Crippen molar-refractivity contribution in [3.63, 3.8) is 0 Å². The van der Waals surface area contributed by atoms with Crippen molar-refractivity contribution in [2.24, 2.45) is 0 Å². The van der Waals surface area contributed by atoms with Gasteiger partial charge in [-0.05, 0) is 13.0 Å². The van der Waals surface area contributed by atoms with Crippen LogP contribution in [0.1, 0.15) is 46.0 Å². The second-order valence-corrected chi connectivity index (χ2v) is 5.98. The summed E-state index contributed by atoms with van der Waals surface area (Å²) in [5.74, 6) is -0.223. The smallest absolute Gasteiger partial charge is 0.274 e. The molecule has 0 aromatic carbocycles. The zero-order valence-electron chi connectivity index (χ0n) is 13.9. The molecule has 3 aromatic rings. The third kappa shape index (κ3) is 2.68. The van der Waals surface area contributed by atoms with E-state index in [1.54, 1.807) is 25.3 Å². The SMILES string of the molecule is Cc1nc(C(=O)NC2CC(O)c3cccnc32)c(N)nc1-c1ncco1. The van der Waals surface area contributed by atoms with E-state index in [-0.39, 0.29) is 17.4 Å². The van der Waals surface area contributed by atoms with Gasteiger partial charge < -0.3 is 20.6 Å². The molecule has 26 heavy (non-hydrogen) atoms. The predicted molar refractivity (Wildman–Crippen MR) is 90.7 cm³/mol. The summed E-state index contributed by atoms with van der Waals surface area (Å²) < 4.78 is 5.21. The molecule has 9 heteroatoms. The van der Waals surface area contributed by atoms with E-state index in [9.17, 15) is 9.90 Å². The van der Waals surface area contributed by atoms with Crippen molar-refractivity contribution < 1.29 is 14.3 Å². The number of aliphatic hydroxyl groups excluding tert-OH is 1. The highest BCUT2D eigenvalue weighted by molar-refractivity contribution is 5.97. The highest BCUT2D eigenvalue weighted by Crippen LogP contribution is 2.37. The fraction of sp³-hybridized carbons (Fsp3) is 0.235. The highest BCUT2D eigenvalue weighted by atomic mass is 16.3. The summed E-state index contributed by atoms with van der Waals surface area (Å²) in [5, 5.41) is 12.9. The van der Waals surface area contributed by atoms with Gasteiger partial charge in [-0.3, -0.25) is 9.78 Å². The van der Waals surface area contributed by atoms with Gasteiger partial charge in [0.05, 0.1) is 29.7 Å². The normalized spacial score (nSPS) is 18.5. The van der Waals surface area contributed by atoms with Crippen LogP contribution < -0.4 is 11.1 Å². The van der Waals surface area contributed by atoms with E-state index < -0.39 is 18.1 Å². The van der Waals surface area contributed by atoms with Crippen LogP contribution in [0.2, 0.25) is 0 Å². The van der Waals surface area contributed by atoms with Crippen LogP contribution in [0.25, 0.3) is 11.6 Å². The summed E-state index contributed by atoms with van der Waals surface area (Å²) in [6, 6.07) is 3.13. The Morgan fingerprint density at radius 2 is 2.19 bits per heavy atom. The van der Waals surface area contributed by atoms with E-state index in [4.69, 9.17) is 10.2 Å². The van der Waals surface area contributed by atoms with Crippen molar-refractivity contribution in [3.8, 4) is 11.6 Å². The van der Waals surface area contributed by atoms with Gasteiger partial charge in [-0.2, -0.15) is 0 Å². The molecule has 0 saturated carbocycles. The number of pyridine rings is 1. The summed E-state index contributed by atoms with van der Waals surface area (Å²) in [4.78, 5) is 29.4. The molecule has 0 saturated heterocycles. The van der Waals surface area contributed by atoms with E-state index in [0.29, 0.717) is 29.1 Å². The lowest BCUT2D eigenvalue weighted by Gasteiger charge is -2.14. The standard InChI is InChI=1S/C17H16N6O3/c1-8-12(17-20-5-6-26-17)23-15(18)14(21-8)16(25)22-10-7-11(24)9-3-2-4-19-13(9)10/h2-6,10-11,24H,7H2,1H3,(H2,18,23)(H,22,25). The molecule has 4 rings (SSSR count). The maximum absolute atomic E-state index is 12.6. The number of rotatable bonds is 3. The van der Waals surface area contributed by atoms with Crippen molar-refractivity contribution >= 4 is 11.7 Å². The molecule has 0 radical (unpaired) electrons. The van der Waals surface area contributed by atoms with E-state index in [2.05, 4.69) is 25.3 Å². The van der Waals surface area contributed by atoms with Gasteiger partial charge in [0.25, 0.3) is 5.91 Å². The number of amides is 1. The lowest BCUT2D eigenvalue weighted by Crippen LogP contribution is -2.30. The molecule has 0 bridgehead atoms. The van der Waals surface area contributed by atoms with E-state index >= 15 is 0 Å². The van der Waals surface area contributed by atoms with Crippen LogP contribution in [0.15, 0.2) is 35.2 Å². The van der Waals surface area contributed by atoms with Crippen LogP contribution in [0.5, 0.6) is 0 Å². The summed E-state index contributed by atoms with van der Waals surface area (Å²) in [6.45, 7) is 1.69. The molecule has 132 valence electrons. The first-order valence-corrected chi connectivity index (χ1v) is 8.02. The lowest BCUT2D eigenvalue weighted by atomic mass is 10.2. The van der Waals surface area contributed by atoms with Crippen molar-refractivity contribution in [1.82, 2.24) is 25.3 Å². The molecule has 0 aliphatic heterocycles. The molecule has 1 amide bonds. The minimum atomic E-state index is -0.665. The molecule has 1 aliphatic carbocycles. The fourth-order valence-electron chi connectivity index (χ4n) is 3.06. The summed E-state index contributed by atoms with van der Waals surface area (Å²) >= 11 is 0. The third-order valence-electron chi connectivity index (χ3n) is 4.27. The summed E-state index contributed by atoms with van der Waals surface area (Å²) in [6.07, 6.45) is 4.21. The van der Waals surface area contributed by atoms with Crippen molar-refractivity contribution in [2.45, 2.75) is 25.5 Å². The zero-order chi connectivity index (χ0) is 18.3. The molecule has 4 N–H and O–H groups in total. The number of fused-ring (bicyclic) bond motifs is 1. The number of nitrogens with two attached hydrogens (primary N) is 1. The Bertz CT molecular complexity index is 973. The lowest BCUT2D eigenvalue weighted by molar-refractivity contribution is 0.0919. The van der Waals surface area contributed by atoms with Gasteiger partial charge in [-0.15, -0.1) is 0 Å². The second-order valence-electron chi connectivity index (χ2n) is 5.98. The van der Waals surface area contributed by atoms with Crippen molar-refractivity contribution in [3.05, 3.63) is 53.4 Å². The minimum absolute atomic E-state index is 0.0108. The quantitative estimate of drug-likeness (QED) is 0.641.